The molecule has 5 rings (SSSR count). The summed E-state index contributed by atoms with van der Waals surface area (Å²) in [6, 6.07) is 21.2. The van der Waals surface area contributed by atoms with Crippen molar-refractivity contribution < 1.29 is 13.9 Å². The highest BCUT2D eigenvalue weighted by molar-refractivity contribution is 6.30. The maximum atomic E-state index is 13.5. The van der Waals surface area contributed by atoms with Crippen molar-refractivity contribution in [2.75, 3.05) is 6.61 Å². The van der Waals surface area contributed by atoms with Gasteiger partial charge in [0.1, 0.15) is 11.3 Å². The molecule has 1 amide bonds. The smallest absolute Gasteiger partial charge is 0.291 e. The first-order chi connectivity index (χ1) is 15.6. The molecule has 5 nitrogen and oxygen atoms in total. The Morgan fingerprint density at radius 3 is 2.56 bits per heavy atom. The summed E-state index contributed by atoms with van der Waals surface area (Å²) in [5.41, 5.74) is 2.26. The van der Waals surface area contributed by atoms with Gasteiger partial charge in [-0.15, -0.1) is 0 Å². The predicted octanol–water partition coefficient (Wildman–Crippen LogP) is 5.59. The van der Waals surface area contributed by atoms with E-state index in [4.69, 9.17) is 20.8 Å². The third-order valence-electron chi connectivity index (χ3n) is 5.62. The lowest BCUT2D eigenvalue weighted by Gasteiger charge is -2.25. The van der Waals surface area contributed by atoms with Crippen molar-refractivity contribution in [2.24, 2.45) is 0 Å². The molecule has 1 aliphatic rings. The van der Waals surface area contributed by atoms with Crippen molar-refractivity contribution in [3.63, 3.8) is 0 Å². The molecule has 1 aliphatic heterocycles. The van der Waals surface area contributed by atoms with E-state index in [-0.39, 0.29) is 17.1 Å². The molecule has 1 unspecified atom stereocenters. The summed E-state index contributed by atoms with van der Waals surface area (Å²) >= 11 is 6.03. The van der Waals surface area contributed by atoms with E-state index >= 15 is 0 Å². The molecule has 2 heterocycles. The van der Waals surface area contributed by atoms with Crippen molar-refractivity contribution in [2.45, 2.75) is 19.5 Å². The van der Waals surface area contributed by atoms with E-state index in [1.54, 1.807) is 41.3 Å². The number of rotatable bonds is 5. The first-order valence-electron chi connectivity index (χ1n) is 10.4. The summed E-state index contributed by atoms with van der Waals surface area (Å²) in [6.45, 7) is 2.74. The lowest BCUT2D eigenvalue weighted by Crippen LogP contribution is -2.29. The Balaban J connectivity index is 1.70. The summed E-state index contributed by atoms with van der Waals surface area (Å²) in [5, 5.41) is 1.08. The zero-order chi connectivity index (χ0) is 22.2. The van der Waals surface area contributed by atoms with Gasteiger partial charge in [-0.1, -0.05) is 48.0 Å². The minimum absolute atomic E-state index is 0.0921. The van der Waals surface area contributed by atoms with Crippen molar-refractivity contribution in [3.05, 3.63) is 110 Å². The number of halogens is 1. The topological polar surface area (TPSA) is 59.8 Å². The van der Waals surface area contributed by atoms with Crippen molar-refractivity contribution in [1.82, 2.24) is 4.90 Å². The predicted molar refractivity (Wildman–Crippen MR) is 123 cm³/mol. The molecule has 3 aromatic carbocycles. The maximum absolute atomic E-state index is 13.5. The number of carbonyl (C=O) groups excluding carboxylic acids is 1. The summed E-state index contributed by atoms with van der Waals surface area (Å²) in [7, 11) is 0. The van der Waals surface area contributed by atoms with Gasteiger partial charge in [-0.2, -0.15) is 0 Å². The fourth-order valence-corrected chi connectivity index (χ4v) is 4.33. The molecular weight excluding hydrogens is 426 g/mol. The Hall–Kier alpha value is -3.57. The van der Waals surface area contributed by atoms with E-state index in [0.717, 1.165) is 11.1 Å². The molecule has 0 aliphatic carbocycles. The SMILES string of the molecule is CCOc1cccc(C2c3c(oc4ccccc4c3=O)C(=O)N2Cc2ccc(Cl)cc2)c1. The number of nitrogens with zero attached hydrogens (tertiary/aromatic N) is 1. The van der Waals surface area contributed by atoms with Crippen LogP contribution < -0.4 is 10.2 Å². The molecule has 0 fully saturated rings. The second kappa shape index (κ2) is 8.17. The molecule has 6 heteroatoms. The van der Waals surface area contributed by atoms with Crippen LogP contribution in [0, 0.1) is 0 Å². The fraction of sp³-hybridized carbons (Fsp3) is 0.154. The first kappa shape index (κ1) is 20.3. The van der Waals surface area contributed by atoms with Gasteiger partial charge < -0.3 is 14.1 Å². The Morgan fingerprint density at radius 2 is 1.78 bits per heavy atom. The van der Waals surface area contributed by atoms with E-state index in [0.29, 0.717) is 40.5 Å². The van der Waals surface area contributed by atoms with Gasteiger partial charge in [-0.25, -0.2) is 0 Å². The number of carbonyl (C=O) groups is 1. The molecule has 0 radical (unpaired) electrons. The second-order valence-electron chi connectivity index (χ2n) is 7.64. The number of benzene rings is 3. The largest absolute Gasteiger partial charge is 0.494 e. The van der Waals surface area contributed by atoms with Gasteiger partial charge in [-0.05, 0) is 54.4 Å². The molecule has 4 aromatic rings. The third-order valence-corrected chi connectivity index (χ3v) is 5.88. The van der Waals surface area contributed by atoms with Crippen molar-refractivity contribution >= 4 is 28.5 Å². The Labute approximate surface area is 189 Å². The van der Waals surface area contributed by atoms with Gasteiger partial charge in [0.2, 0.25) is 5.76 Å². The highest BCUT2D eigenvalue weighted by atomic mass is 35.5. The quantitative estimate of drug-likeness (QED) is 0.401. The standard InChI is InChI=1S/C26H20ClNO4/c1-2-31-19-7-5-6-17(14-19)23-22-24(29)20-8-3-4-9-21(20)32-25(22)26(30)28(23)15-16-10-12-18(27)13-11-16/h3-14,23H,2,15H2,1H3. The van der Waals surface area contributed by atoms with Crippen LogP contribution in [0.4, 0.5) is 0 Å². The molecule has 32 heavy (non-hydrogen) atoms. The zero-order valence-electron chi connectivity index (χ0n) is 17.4. The summed E-state index contributed by atoms with van der Waals surface area (Å²) in [5.74, 6) is 0.460. The number of amides is 1. The maximum Gasteiger partial charge on any atom is 0.291 e. The molecule has 0 N–H and O–H groups in total. The highest BCUT2D eigenvalue weighted by Crippen LogP contribution is 2.40. The number of hydrogen-bond donors (Lipinski definition) is 0. The van der Waals surface area contributed by atoms with Crippen LogP contribution in [0.1, 0.15) is 40.2 Å². The van der Waals surface area contributed by atoms with Gasteiger partial charge in [0.05, 0.1) is 23.6 Å². The first-order valence-corrected chi connectivity index (χ1v) is 10.8. The van der Waals surface area contributed by atoms with Gasteiger partial charge in [0.15, 0.2) is 5.43 Å². The minimum atomic E-state index is -0.588. The van der Waals surface area contributed by atoms with E-state index < -0.39 is 6.04 Å². The average molecular weight is 446 g/mol. The molecule has 1 aromatic heterocycles. The van der Waals surface area contributed by atoms with E-state index in [1.165, 1.54) is 0 Å². The summed E-state index contributed by atoms with van der Waals surface area (Å²) in [4.78, 5) is 28.7. The van der Waals surface area contributed by atoms with Crippen molar-refractivity contribution in [3.8, 4) is 5.75 Å². The zero-order valence-corrected chi connectivity index (χ0v) is 18.1. The van der Waals surface area contributed by atoms with Crippen LogP contribution >= 0.6 is 11.6 Å². The monoisotopic (exact) mass is 445 g/mol. The highest BCUT2D eigenvalue weighted by Gasteiger charge is 2.42. The summed E-state index contributed by atoms with van der Waals surface area (Å²) < 4.78 is 11.6. The van der Waals surface area contributed by atoms with Crippen LogP contribution in [0.25, 0.3) is 11.0 Å². The summed E-state index contributed by atoms with van der Waals surface area (Å²) in [6.07, 6.45) is 0. The molecule has 0 bridgehead atoms. The van der Waals surface area contributed by atoms with E-state index in [2.05, 4.69) is 0 Å². The number of fused-ring (bicyclic) bond motifs is 2. The second-order valence-corrected chi connectivity index (χ2v) is 8.07. The van der Waals surface area contributed by atoms with E-state index in [1.807, 2.05) is 43.3 Å². The van der Waals surface area contributed by atoms with Gasteiger partial charge >= 0.3 is 0 Å². The van der Waals surface area contributed by atoms with Gasteiger partial charge in [-0.3, -0.25) is 9.59 Å². The minimum Gasteiger partial charge on any atom is -0.494 e. The van der Waals surface area contributed by atoms with Crippen LogP contribution in [-0.2, 0) is 6.54 Å². The molecule has 1 atom stereocenters. The van der Waals surface area contributed by atoms with Crippen LogP contribution in [0.3, 0.4) is 0 Å². The number of hydrogen-bond acceptors (Lipinski definition) is 4. The molecule has 160 valence electrons. The molecule has 0 spiro atoms. The molecule has 0 saturated heterocycles. The molecular formula is C26H20ClNO4. The van der Waals surface area contributed by atoms with Crippen LogP contribution in [0.15, 0.2) is 82.0 Å². The van der Waals surface area contributed by atoms with E-state index in [9.17, 15) is 9.59 Å². The Bertz CT molecular complexity index is 1380. The average Bonchev–Trinajstić information content (AvgIpc) is 3.08. The van der Waals surface area contributed by atoms with Gasteiger partial charge in [0, 0.05) is 11.6 Å². The molecule has 0 saturated carbocycles. The lowest BCUT2D eigenvalue weighted by atomic mass is 9.98. The number of ether oxygens (including phenoxy) is 1. The third kappa shape index (κ3) is 3.45. The Kier molecular flexibility index (Phi) is 5.19. The lowest BCUT2D eigenvalue weighted by molar-refractivity contribution is 0.0714. The Morgan fingerprint density at radius 1 is 1.00 bits per heavy atom. The van der Waals surface area contributed by atoms with Gasteiger partial charge in [0.25, 0.3) is 5.91 Å². The number of para-hydroxylation sites is 1. The van der Waals surface area contributed by atoms with Crippen molar-refractivity contribution in [1.29, 1.82) is 0 Å². The van der Waals surface area contributed by atoms with Crippen LogP contribution in [-0.4, -0.2) is 17.4 Å². The van der Waals surface area contributed by atoms with Crippen LogP contribution in [0.2, 0.25) is 5.02 Å². The fourth-order valence-electron chi connectivity index (χ4n) is 4.20. The normalized spacial score (nSPS) is 15.2. The van der Waals surface area contributed by atoms with Crippen LogP contribution in [0.5, 0.6) is 5.75 Å².